The first kappa shape index (κ1) is 15.3. The van der Waals surface area contributed by atoms with Crippen LogP contribution in [0.3, 0.4) is 0 Å². The molecule has 1 aliphatic rings. The van der Waals surface area contributed by atoms with E-state index in [0.29, 0.717) is 25.2 Å². The smallest absolute Gasteiger partial charge is 0.265 e. The van der Waals surface area contributed by atoms with Crippen molar-refractivity contribution in [3.63, 3.8) is 0 Å². The van der Waals surface area contributed by atoms with Gasteiger partial charge in [-0.1, -0.05) is 6.92 Å². The Labute approximate surface area is 134 Å². The molecule has 7 nitrogen and oxygen atoms in total. The molecule has 2 N–H and O–H groups in total. The quantitative estimate of drug-likeness (QED) is 0.908. The number of primary amides is 1. The fourth-order valence-electron chi connectivity index (χ4n) is 3.22. The summed E-state index contributed by atoms with van der Waals surface area (Å²) in [6, 6.07) is 3.37. The molecule has 0 fully saturated rings. The second kappa shape index (κ2) is 5.91. The second-order valence-electron chi connectivity index (χ2n) is 5.84. The number of nitrogens with two attached hydrogens (primary N) is 1. The maximum Gasteiger partial charge on any atom is 0.265 e. The first-order valence-electron chi connectivity index (χ1n) is 7.78. The first-order chi connectivity index (χ1) is 11.0. The van der Waals surface area contributed by atoms with Crippen LogP contribution >= 0.6 is 0 Å². The lowest BCUT2D eigenvalue weighted by Gasteiger charge is -2.31. The molecule has 3 heterocycles. The zero-order valence-corrected chi connectivity index (χ0v) is 13.4. The Kier molecular flexibility index (Phi) is 3.94. The van der Waals surface area contributed by atoms with Crippen LogP contribution in [0.1, 0.15) is 41.1 Å². The summed E-state index contributed by atoms with van der Waals surface area (Å²) in [6.07, 6.45) is 4.91. The summed E-state index contributed by atoms with van der Waals surface area (Å²) in [5.74, 6) is -0.383. The van der Waals surface area contributed by atoms with Gasteiger partial charge in [-0.3, -0.25) is 14.3 Å². The van der Waals surface area contributed by atoms with E-state index in [1.807, 2.05) is 37.2 Å². The van der Waals surface area contributed by atoms with Gasteiger partial charge in [-0.25, -0.2) is 0 Å². The van der Waals surface area contributed by atoms with Gasteiger partial charge in [0.1, 0.15) is 11.7 Å². The minimum atomic E-state index is -0.442. The predicted molar refractivity (Wildman–Crippen MR) is 84.6 cm³/mol. The van der Waals surface area contributed by atoms with Gasteiger partial charge in [0.2, 0.25) is 5.91 Å². The van der Waals surface area contributed by atoms with E-state index < -0.39 is 5.91 Å². The van der Waals surface area contributed by atoms with Gasteiger partial charge in [-0.15, -0.1) is 0 Å². The van der Waals surface area contributed by atoms with Gasteiger partial charge in [0.15, 0.2) is 0 Å². The van der Waals surface area contributed by atoms with E-state index in [0.717, 1.165) is 17.7 Å². The number of nitrogens with zero attached hydrogens (tertiary/aromatic N) is 4. The highest BCUT2D eigenvalue weighted by Gasteiger charge is 2.30. The van der Waals surface area contributed by atoms with E-state index >= 15 is 0 Å². The number of fused-ring (bicyclic) bond motifs is 1. The number of rotatable bonds is 4. The Balaban J connectivity index is 1.84. The lowest BCUT2D eigenvalue weighted by Crippen LogP contribution is -2.41. The molecular formula is C16H21N5O2. The third kappa shape index (κ3) is 2.62. The molecule has 122 valence electrons. The predicted octanol–water partition coefficient (Wildman–Crippen LogP) is 0.856. The molecule has 0 radical (unpaired) electrons. The van der Waals surface area contributed by atoms with Crippen molar-refractivity contribution in [1.82, 2.24) is 19.2 Å². The molecule has 0 saturated heterocycles. The van der Waals surface area contributed by atoms with Crippen LogP contribution in [-0.4, -0.2) is 37.6 Å². The first-order valence-corrected chi connectivity index (χ1v) is 7.78. The largest absolute Gasteiger partial charge is 0.364 e. The minimum Gasteiger partial charge on any atom is -0.364 e. The Morgan fingerprint density at radius 2 is 2.22 bits per heavy atom. The van der Waals surface area contributed by atoms with Crippen molar-refractivity contribution in [2.45, 2.75) is 32.4 Å². The van der Waals surface area contributed by atoms with E-state index in [9.17, 15) is 9.59 Å². The lowest BCUT2D eigenvalue weighted by molar-refractivity contribution is -0.136. The van der Waals surface area contributed by atoms with Crippen molar-refractivity contribution in [2.75, 3.05) is 6.54 Å². The van der Waals surface area contributed by atoms with Crippen LogP contribution in [0.25, 0.3) is 0 Å². The summed E-state index contributed by atoms with van der Waals surface area (Å²) in [5, 5.41) is 4.20. The molecule has 1 atom stereocenters. The minimum absolute atomic E-state index is 0.0590. The highest BCUT2D eigenvalue weighted by molar-refractivity contribution is 5.92. The zero-order chi connectivity index (χ0) is 16.6. The van der Waals surface area contributed by atoms with E-state index in [1.54, 1.807) is 15.4 Å². The van der Waals surface area contributed by atoms with Crippen molar-refractivity contribution in [3.05, 3.63) is 41.5 Å². The number of amides is 2. The van der Waals surface area contributed by atoms with Gasteiger partial charge in [0, 0.05) is 31.7 Å². The van der Waals surface area contributed by atoms with Gasteiger partial charge in [0.25, 0.3) is 5.91 Å². The van der Waals surface area contributed by atoms with Crippen LogP contribution in [0.2, 0.25) is 0 Å². The molecular weight excluding hydrogens is 294 g/mol. The van der Waals surface area contributed by atoms with Crippen LogP contribution in [0.4, 0.5) is 0 Å². The molecule has 0 bridgehead atoms. The van der Waals surface area contributed by atoms with Crippen LogP contribution < -0.4 is 5.73 Å². The summed E-state index contributed by atoms with van der Waals surface area (Å²) in [7, 11) is 1.82. The lowest BCUT2D eigenvalue weighted by atomic mass is 10.1. The zero-order valence-electron chi connectivity index (χ0n) is 13.4. The monoisotopic (exact) mass is 315 g/mol. The third-order valence-corrected chi connectivity index (χ3v) is 4.52. The van der Waals surface area contributed by atoms with Crippen LogP contribution in [0.15, 0.2) is 24.5 Å². The molecule has 0 spiro atoms. The number of carbonyl (C=O) groups excluding carboxylic acids is 2. The maximum atomic E-state index is 12.9. The summed E-state index contributed by atoms with van der Waals surface area (Å²) in [5.41, 5.74) is 7.97. The molecule has 0 aliphatic carbocycles. The molecule has 0 saturated carbocycles. The summed E-state index contributed by atoms with van der Waals surface area (Å²) in [6.45, 7) is 3.12. The van der Waals surface area contributed by atoms with Crippen LogP contribution in [0, 0.1) is 0 Å². The Morgan fingerprint density at radius 1 is 1.43 bits per heavy atom. The molecule has 1 unspecified atom stereocenters. The van der Waals surface area contributed by atoms with Crippen LogP contribution in [0.5, 0.6) is 0 Å². The van der Waals surface area contributed by atoms with Gasteiger partial charge >= 0.3 is 0 Å². The van der Waals surface area contributed by atoms with E-state index in [-0.39, 0.29) is 11.9 Å². The number of aromatic nitrogens is 3. The molecule has 3 rings (SSSR count). The Hall–Kier alpha value is -2.57. The average Bonchev–Trinajstić information content (AvgIpc) is 3.16. The van der Waals surface area contributed by atoms with E-state index in [1.165, 1.54) is 0 Å². The van der Waals surface area contributed by atoms with Gasteiger partial charge in [0.05, 0.1) is 6.54 Å². The fourth-order valence-corrected chi connectivity index (χ4v) is 3.22. The topological polar surface area (TPSA) is 86.1 Å². The van der Waals surface area contributed by atoms with Crippen molar-refractivity contribution in [1.29, 1.82) is 0 Å². The second-order valence-corrected chi connectivity index (χ2v) is 5.84. The molecule has 2 amide bonds. The van der Waals surface area contributed by atoms with E-state index in [2.05, 4.69) is 5.10 Å². The number of hydrogen-bond acceptors (Lipinski definition) is 3. The molecule has 0 aromatic carbocycles. The normalized spacial score (nSPS) is 15.3. The highest BCUT2D eigenvalue weighted by Crippen LogP contribution is 2.25. The summed E-state index contributed by atoms with van der Waals surface area (Å²) >= 11 is 0. The van der Waals surface area contributed by atoms with E-state index in [4.69, 9.17) is 5.73 Å². The van der Waals surface area contributed by atoms with Gasteiger partial charge in [-0.2, -0.15) is 5.10 Å². The third-order valence-electron chi connectivity index (χ3n) is 4.52. The van der Waals surface area contributed by atoms with Crippen LogP contribution in [-0.2, 0) is 24.8 Å². The van der Waals surface area contributed by atoms with Gasteiger partial charge < -0.3 is 15.2 Å². The number of hydrogen-bond donors (Lipinski definition) is 1. The number of carbonyl (C=O) groups is 2. The molecule has 2 aromatic rings. The Morgan fingerprint density at radius 3 is 2.83 bits per heavy atom. The molecule has 1 aliphatic heterocycles. The van der Waals surface area contributed by atoms with Crippen molar-refractivity contribution in [2.24, 2.45) is 12.8 Å². The fraction of sp³-hybridized carbons (Fsp3) is 0.438. The Bertz CT molecular complexity index is 732. The van der Waals surface area contributed by atoms with Crippen molar-refractivity contribution < 1.29 is 9.59 Å². The standard InChI is InChI=1S/C16H21N5O2/c1-3-12(21-7-4-6-18-21)16(23)20-8-5-11-9-13(15(17)22)19(2)14(11)10-20/h4,6-7,9,12H,3,5,8,10H2,1-2H3,(H2,17,22). The molecule has 2 aromatic heterocycles. The van der Waals surface area contributed by atoms with Gasteiger partial charge in [-0.05, 0) is 30.5 Å². The molecule has 23 heavy (non-hydrogen) atoms. The molecule has 7 heteroatoms. The highest BCUT2D eigenvalue weighted by atomic mass is 16.2. The SMILES string of the molecule is CCC(C(=O)N1CCc2cc(C(N)=O)n(C)c2C1)n1cccn1. The maximum absolute atomic E-state index is 12.9. The van der Waals surface area contributed by atoms with Crippen molar-refractivity contribution >= 4 is 11.8 Å². The summed E-state index contributed by atoms with van der Waals surface area (Å²) < 4.78 is 3.50. The summed E-state index contributed by atoms with van der Waals surface area (Å²) in [4.78, 5) is 26.2. The average molecular weight is 315 g/mol. The van der Waals surface area contributed by atoms with Crippen molar-refractivity contribution in [3.8, 4) is 0 Å².